The Labute approximate surface area is 112 Å². The van der Waals surface area contributed by atoms with Crippen LogP contribution in [0.2, 0.25) is 0 Å². The molecule has 0 aliphatic carbocycles. The third-order valence-electron chi connectivity index (χ3n) is 2.71. The minimum atomic E-state index is -3.60. The van der Waals surface area contributed by atoms with Crippen LogP contribution in [-0.2, 0) is 23.6 Å². The molecule has 0 aliphatic rings. The molecule has 0 saturated heterocycles. The Balaban J connectivity index is 2.29. The van der Waals surface area contributed by atoms with Gasteiger partial charge >= 0.3 is 0 Å². The van der Waals surface area contributed by atoms with Crippen molar-refractivity contribution in [3.05, 3.63) is 41.6 Å². The van der Waals surface area contributed by atoms with Gasteiger partial charge in [0.15, 0.2) is 0 Å². The maximum absolute atomic E-state index is 12.2. The van der Waals surface area contributed by atoms with Gasteiger partial charge in [0.1, 0.15) is 5.82 Å². The predicted octanol–water partition coefficient (Wildman–Crippen LogP) is 0.988. The number of benzene rings is 1. The molecule has 1 aromatic heterocycles. The highest BCUT2D eigenvalue weighted by atomic mass is 32.2. The fourth-order valence-electron chi connectivity index (χ4n) is 1.71. The SMILES string of the molecule is Cc1cc(NS(=O)(=O)c2ccc(CN)cc2)n(C)n1. The molecule has 19 heavy (non-hydrogen) atoms. The van der Waals surface area contributed by atoms with Crippen molar-refractivity contribution in [3.8, 4) is 0 Å². The lowest BCUT2D eigenvalue weighted by atomic mass is 10.2. The van der Waals surface area contributed by atoms with E-state index in [1.54, 1.807) is 32.2 Å². The number of sulfonamides is 1. The highest BCUT2D eigenvalue weighted by Gasteiger charge is 2.16. The molecule has 0 spiro atoms. The molecule has 0 radical (unpaired) electrons. The van der Waals surface area contributed by atoms with Gasteiger partial charge in [-0.1, -0.05) is 12.1 Å². The van der Waals surface area contributed by atoms with Crippen molar-refractivity contribution in [3.63, 3.8) is 0 Å². The molecule has 1 aromatic carbocycles. The number of aryl methyl sites for hydroxylation is 2. The second-order valence-corrected chi connectivity index (χ2v) is 5.93. The zero-order chi connectivity index (χ0) is 14.0. The zero-order valence-corrected chi connectivity index (χ0v) is 11.6. The molecule has 0 atom stereocenters. The molecule has 7 heteroatoms. The first kappa shape index (κ1) is 13.6. The fourth-order valence-corrected chi connectivity index (χ4v) is 2.79. The van der Waals surface area contributed by atoms with E-state index in [9.17, 15) is 8.42 Å². The van der Waals surface area contributed by atoms with Crippen LogP contribution in [0.3, 0.4) is 0 Å². The number of rotatable bonds is 4. The average Bonchev–Trinajstić information content (AvgIpc) is 2.67. The lowest BCUT2D eigenvalue weighted by Crippen LogP contribution is -2.15. The molecule has 0 aliphatic heterocycles. The number of nitrogens with zero attached hydrogens (tertiary/aromatic N) is 2. The maximum atomic E-state index is 12.2. The van der Waals surface area contributed by atoms with Crippen LogP contribution in [0.4, 0.5) is 5.82 Å². The third kappa shape index (κ3) is 2.94. The molecular weight excluding hydrogens is 264 g/mol. The zero-order valence-electron chi connectivity index (χ0n) is 10.8. The molecule has 6 nitrogen and oxygen atoms in total. The topological polar surface area (TPSA) is 90.0 Å². The van der Waals surface area contributed by atoms with Crippen LogP contribution in [0, 0.1) is 6.92 Å². The van der Waals surface area contributed by atoms with E-state index < -0.39 is 10.0 Å². The first-order valence-electron chi connectivity index (χ1n) is 5.75. The highest BCUT2D eigenvalue weighted by Crippen LogP contribution is 2.16. The normalized spacial score (nSPS) is 11.5. The van der Waals surface area contributed by atoms with Gasteiger partial charge in [-0.25, -0.2) is 8.42 Å². The Bertz CT molecular complexity index is 674. The van der Waals surface area contributed by atoms with Crippen molar-refractivity contribution in [2.45, 2.75) is 18.4 Å². The van der Waals surface area contributed by atoms with Gasteiger partial charge in [-0.2, -0.15) is 5.10 Å². The Morgan fingerprint density at radius 1 is 1.32 bits per heavy atom. The van der Waals surface area contributed by atoms with E-state index in [0.29, 0.717) is 12.4 Å². The number of nitrogens with two attached hydrogens (primary N) is 1. The molecule has 0 unspecified atom stereocenters. The largest absolute Gasteiger partial charge is 0.326 e. The van der Waals surface area contributed by atoms with Crippen molar-refractivity contribution < 1.29 is 8.42 Å². The first-order chi connectivity index (χ1) is 8.92. The van der Waals surface area contributed by atoms with E-state index in [0.717, 1.165) is 11.3 Å². The minimum Gasteiger partial charge on any atom is -0.326 e. The molecular formula is C12H16N4O2S. The lowest BCUT2D eigenvalue weighted by molar-refractivity contribution is 0.600. The first-order valence-corrected chi connectivity index (χ1v) is 7.23. The van der Waals surface area contributed by atoms with Gasteiger partial charge in [-0.15, -0.1) is 0 Å². The lowest BCUT2D eigenvalue weighted by Gasteiger charge is -2.08. The standard InChI is InChI=1S/C12H16N4O2S/c1-9-7-12(16(2)14-9)15-19(17,18)11-5-3-10(8-13)4-6-11/h3-7,15H,8,13H2,1-2H3. The Kier molecular flexibility index (Phi) is 3.59. The van der Waals surface area contributed by atoms with Gasteiger partial charge in [0.25, 0.3) is 10.0 Å². The minimum absolute atomic E-state index is 0.198. The summed E-state index contributed by atoms with van der Waals surface area (Å²) in [5.74, 6) is 0.431. The Morgan fingerprint density at radius 2 is 1.95 bits per heavy atom. The molecule has 0 amide bonds. The quantitative estimate of drug-likeness (QED) is 0.873. The second-order valence-electron chi connectivity index (χ2n) is 4.25. The number of aromatic nitrogens is 2. The molecule has 0 fully saturated rings. The summed E-state index contributed by atoms with van der Waals surface area (Å²) in [6.07, 6.45) is 0. The summed E-state index contributed by atoms with van der Waals surface area (Å²) in [7, 11) is -1.92. The average molecular weight is 280 g/mol. The van der Waals surface area contributed by atoms with E-state index in [2.05, 4.69) is 9.82 Å². The van der Waals surface area contributed by atoms with E-state index in [-0.39, 0.29) is 4.90 Å². The molecule has 3 N–H and O–H groups in total. The van der Waals surface area contributed by atoms with Gasteiger partial charge < -0.3 is 5.73 Å². The fraction of sp³-hybridized carbons (Fsp3) is 0.250. The van der Waals surface area contributed by atoms with Gasteiger partial charge in [-0.05, 0) is 24.6 Å². The summed E-state index contributed by atoms with van der Waals surface area (Å²) in [4.78, 5) is 0.198. The smallest absolute Gasteiger partial charge is 0.263 e. The van der Waals surface area contributed by atoms with Gasteiger partial charge in [-0.3, -0.25) is 9.40 Å². The maximum Gasteiger partial charge on any atom is 0.263 e. The Hall–Kier alpha value is -1.86. The molecule has 1 heterocycles. The van der Waals surface area contributed by atoms with E-state index in [1.165, 1.54) is 16.8 Å². The summed E-state index contributed by atoms with van der Waals surface area (Å²) >= 11 is 0. The summed E-state index contributed by atoms with van der Waals surface area (Å²) in [6, 6.07) is 8.14. The van der Waals surface area contributed by atoms with Crippen molar-refractivity contribution in [1.82, 2.24) is 9.78 Å². The van der Waals surface area contributed by atoms with Gasteiger partial charge in [0, 0.05) is 19.7 Å². The molecule has 2 rings (SSSR count). The van der Waals surface area contributed by atoms with Crippen LogP contribution >= 0.6 is 0 Å². The summed E-state index contributed by atoms with van der Waals surface area (Å²) < 4.78 is 28.3. The molecule has 2 aromatic rings. The van der Waals surface area contributed by atoms with Crippen molar-refractivity contribution in [2.75, 3.05) is 4.72 Å². The summed E-state index contributed by atoms with van der Waals surface area (Å²) in [5.41, 5.74) is 7.11. The molecule has 102 valence electrons. The predicted molar refractivity (Wildman–Crippen MR) is 73.1 cm³/mol. The number of hydrogen-bond donors (Lipinski definition) is 2. The van der Waals surface area contributed by atoms with Crippen molar-refractivity contribution in [2.24, 2.45) is 12.8 Å². The highest BCUT2D eigenvalue weighted by molar-refractivity contribution is 7.92. The second kappa shape index (κ2) is 5.02. The van der Waals surface area contributed by atoms with Crippen molar-refractivity contribution >= 4 is 15.8 Å². The number of anilines is 1. The van der Waals surface area contributed by atoms with Crippen LogP contribution in [0.15, 0.2) is 35.2 Å². The van der Waals surface area contributed by atoms with Crippen LogP contribution in [0.5, 0.6) is 0 Å². The van der Waals surface area contributed by atoms with Crippen LogP contribution < -0.4 is 10.5 Å². The van der Waals surface area contributed by atoms with E-state index in [4.69, 9.17) is 5.73 Å². The number of nitrogens with one attached hydrogen (secondary N) is 1. The summed E-state index contributed by atoms with van der Waals surface area (Å²) in [6.45, 7) is 2.18. The van der Waals surface area contributed by atoms with Crippen molar-refractivity contribution in [1.29, 1.82) is 0 Å². The molecule has 0 saturated carbocycles. The monoisotopic (exact) mass is 280 g/mol. The van der Waals surface area contributed by atoms with Crippen LogP contribution in [-0.4, -0.2) is 18.2 Å². The summed E-state index contributed by atoms with van der Waals surface area (Å²) in [5, 5.41) is 4.09. The van der Waals surface area contributed by atoms with E-state index >= 15 is 0 Å². The Morgan fingerprint density at radius 3 is 2.42 bits per heavy atom. The van der Waals surface area contributed by atoms with Gasteiger partial charge in [0.2, 0.25) is 0 Å². The number of hydrogen-bond acceptors (Lipinski definition) is 4. The van der Waals surface area contributed by atoms with Crippen LogP contribution in [0.1, 0.15) is 11.3 Å². The van der Waals surface area contributed by atoms with E-state index in [1.807, 2.05) is 0 Å². The van der Waals surface area contributed by atoms with Gasteiger partial charge in [0.05, 0.1) is 10.6 Å². The third-order valence-corrected chi connectivity index (χ3v) is 4.08. The molecule has 0 bridgehead atoms. The van der Waals surface area contributed by atoms with Crippen LogP contribution in [0.25, 0.3) is 0 Å².